The third kappa shape index (κ3) is 5.89. The van der Waals surface area contributed by atoms with Crippen LogP contribution in [0.15, 0.2) is 212 Å². The van der Waals surface area contributed by atoms with Gasteiger partial charge in [-0.3, -0.25) is 0 Å². The second kappa shape index (κ2) is 14.1. The summed E-state index contributed by atoms with van der Waals surface area (Å²) in [6.45, 7) is 0. The van der Waals surface area contributed by atoms with Gasteiger partial charge in [-0.05, 0) is 88.6 Å². The van der Waals surface area contributed by atoms with E-state index in [1.807, 2.05) is 36.4 Å². The van der Waals surface area contributed by atoms with Gasteiger partial charge in [0.25, 0.3) is 0 Å². The first-order valence-electron chi connectivity index (χ1n) is 19.7. The van der Waals surface area contributed by atoms with Crippen molar-refractivity contribution in [2.45, 2.75) is 0 Å². The van der Waals surface area contributed by atoms with Gasteiger partial charge in [0.2, 0.25) is 0 Å². The van der Waals surface area contributed by atoms with Crippen LogP contribution in [0.25, 0.3) is 111 Å². The number of fused-ring (bicyclic) bond motifs is 8. The molecule has 0 saturated heterocycles. The van der Waals surface area contributed by atoms with Gasteiger partial charge in [0.1, 0.15) is 0 Å². The van der Waals surface area contributed by atoms with E-state index < -0.39 is 0 Å². The number of rotatable bonds is 6. The van der Waals surface area contributed by atoms with Crippen LogP contribution >= 0.6 is 0 Å². The molecule has 0 N–H and O–H groups in total. The van der Waals surface area contributed by atoms with Gasteiger partial charge in [-0.25, -0.2) is 15.0 Å². The van der Waals surface area contributed by atoms with Crippen molar-refractivity contribution in [1.82, 2.24) is 15.0 Å². The van der Waals surface area contributed by atoms with Crippen molar-refractivity contribution in [2.75, 3.05) is 0 Å². The molecule has 0 fully saturated rings. The van der Waals surface area contributed by atoms with Crippen LogP contribution in [0.5, 0.6) is 0 Å². The van der Waals surface area contributed by atoms with Crippen molar-refractivity contribution < 1.29 is 0 Å². The highest BCUT2D eigenvalue weighted by molar-refractivity contribution is 6.33. The predicted octanol–water partition coefficient (Wildman–Crippen LogP) is 14.5. The van der Waals surface area contributed by atoms with Crippen LogP contribution in [-0.2, 0) is 0 Å². The fourth-order valence-electron chi connectivity index (χ4n) is 8.48. The number of hydrogen-bond acceptors (Lipinski definition) is 3. The maximum atomic E-state index is 5.03. The second-order valence-corrected chi connectivity index (χ2v) is 14.8. The van der Waals surface area contributed by atoms with Crippen molar-refractivity contribution in [3.8, 4) is 67.5 Å². The molecule has 1 aromatic heterocycles. The van der Waals surface area contributed by atoms with Crippen molar-refractivity contribution in [3.05, 3.63) is 212 Å². The van der Waals surface area contributed by atoms with Gasteiger partial charge >= 0.3 is 0 Å². The minimum absolute atomic E-state index is 0.638. The Hall–Kier alpha value is -7.75. The Labute approximate surface area is 336 Å². The highest BCUT2D eigenvalue weighted by Gasteiger charge is 2.16. The van der Waals surface area contributed by atoms with Gasteiger partial charge in [0.15, 0.2) is 17.5 Å². The Kier molecular flexibility index (Phi) is 8.15. The molecule has 0 saturated carbocycles. The fourth-order valence-corrected chi connectivity index (χ4v) is 8.48. The van der Waals surface area contributed by atoms with Gasteiger partial charge in [-0.1, -0.05) is 200 Å². The fraction of sp³-hybridized carbons (Fsp3) is 0. The van der Waals surface area contributed by atoms with Crippen LogP contribution in [0.1, 0.15) is 0 Å². The highest BCUT2D eigenvalue weighted by Crippen LogP contribution is 2.43. The van der Waals surface area contributed by atoms with E-state index in [1.165, 1.54) is 59.8 Å². The lowest BCUT2D eigenvalue weighted by Crippen LogP contribution is -2.00. The second-order valence-electron chi connectivity index (χ2n) is 14.8. The first-order valence-corrected chi connectivity index (χ1v) is 19.7. The molecule has 1 heterocycles. The highest BCUT2D eigenvalue weighted by atomic mass is 15.0. The molecule has 0 spiro atoms. The molecule has 0 aliphatic rings. The van der Waals surface area contributed by atoms with Crippen LogP contribution in [0.3, 0.4) is 0 Å². The summed E-state index contributed by atoms with van der Waals surface area (Å²) < 4.78 is 0. The van der Waals surface area contributed by atoms with Crippen LogP contribution in [0.4, 0.5) is 0 Å². The molecule has 0 aliphatic heterocycles. The lowest BCUT2D eigenvalue weighted by Gasteiger charge is -2.16. The molecule has 3 heteroatoms. The molecular formula is C55H35N3. The summed E-state index contributed by atoms with van der Waals surface area (Å²) in [4.78, 5) is 15.0. The average Bonchev–Trinajstić information content (AvgIpc) is 3.32. The molecule has 270 valence electrons. The summed E-state index contributed by atoms with van der Waals surface area (Å²) in [5.74, 6) is 1.93. The zero-order valence-corrected chi connectivity index (χ0v) is 31.5. The third-order valence-corrected chi connectivity index (χ3v) is 11.3. The van der Waals surface area contributed by atoms with E-state index in [1.54, 1.807) is 0 Å². The molecule has 0 bridgehead atoms. The normalized spacial score (nSPS) is 11.4. The summed E-state index contributed by atoms with van der Waals surface area (Å²) in [5.41, 5.74) is 9.83. The molecule has 58 heavy (non-hydrogen) atoms. The van der Waals surface area contributed by atoms with E-state index in [-0.39, 0.29) is 0 Å². The van der Waals surface area contributed by atoms with Crippen LogP contribution in [0.2, 0.25) is 0 Å². The van der Waals surface area contributed by atoms with Gasteiger partial charge in [-0.2, -0.15) is 0 Å². The smallest absolute Gasteiger partial charge is 0.164 e. The van der Waals surface area contributed by atoms with E-state index in [4.69, 9.17) is 15.0 Å². The Morgan fingerprint density at radius 1 is 0.207 bits per heavy atom. The SMILES string of the molecule is c1ccc(-c2ccc(-c3nc(-c4ccccc4)nc(-c4ccc(-c5cccc(-c6cc7c8ccccc8c8ccccc8c7c7ccccc67)c5)cc4)n3)cc2)cc1. The molecule has 0 radical (unpaired) electrons. The van der Waals surface area contributed by atoms with Crippen LogP contribution < -0.4 is 0 Å². The van der Waals surface area contributed by atoms with Gasteiger partial charge < -0.3 is 0 Å². The largest absolute Gasteiger partial charge is 0.208 e. The topological polar surface area (TPSA) is 38.7 Å². The standard InChI is InChI=1S/C55H35N3/c1-3-14-36(15-4-1)37-26-30-40(31-27-37)54-56-53(39-16-5-2-6-17-39)57-55(58-54)41-32-28-38(29-33-41)42-18-13-19-43(34-42)50-35-51-46-22-8-7-20-44(46)45-21-9-11-24-48(45)52(51)49-25-12-10-23-47(49)50/h1-35H. The molecule has 11 rings (SSSR count). The molecule has 3 nitrogen and oxygen atoms in total. The van der Waals surface area contributed by atoms with Gasteiger partial charge in [0, 0.05) is 16.7 Å². The lowest BCUT2D eigenvalue weighted by molar-refractivity contribution is 1.07. The number of hydrogen-bond donors (Lipinski definition) is 0. The van der Waals surface area contributed by atoms with E-state index in [0.29, 0.717) is 17.5 Å². The summed E-state index contributed by atoms with van der Waals surface area (Å²) in [7, 11) is 0. The lowest BCUT2D eigenvalue weighted by atomic mass is 9.87. The van der Waals surface area contributed by atoms with Crippen molar-refractivity contribution in [2.24, 2.45) is 0 Å². The predicted molar refractivity (Wildman–Crippen MR) is 242 cm³/mol. The molecule has 0 aliphatic carbocycles. The Balaban J connectivity index is 0.989. The Morgan fingerprint density at radius 3 is 1.12 bits per heavy atom. The maximum absolute atomic E-state index is 5.03. The first kappa shape index (κ1) is 33.6. The van der Waals surface area contributed by atoms with Gasteiger partial charge in [-0.15, -0.1) is 0 Å². The van der Waals surface area contributed by atoms with E-state index in [9.17, 15) is 0 Å². The molecular weight excluding hydrogens is 703 g/mol. The van der Waals surface area contributed by atoms with Crippen molar-refractivity contribution in [3.63, 3.8) is 0 Å². The quantitative estimate of drug-likeness (QED) is 0.160. The Morgan fingerprint density at radius 2 is 0.552 bits per heavy atom. The molecule has 10 aromatic carbocycles. The number of benzene rings is 10. The van der Waals surface area contributed by atoms with Gasteiger partial charge in [0.05, 0.1) is 0 Å². The molecule has 11 aromatic rings. The van der Waals surface area contributed by atoms with Crippen molar-refractivity contribution >= 4 is 43.1 Å². The molecule has 0 unspecified atom stereocenters. The first-order chi connectivity index (χ1) is 28.7. The zero-order chi connectivity index (χ0) is 38.4. The van der Waals surface area contributed by atoms with Crippen molar-refractivity contribution in [1.29, 1.82) is 0 Å². The number of nitrogens with zero attached hydrogens (tertiary/aromatic N) is 3. The summed E-state index contributed by atoms with van der Waals surface area (Å²) >= 11 is 0. The van der Waals surface area contributed by atoms with E-state index in [0.717, 1.165) is 33.4 Å². The average molecular weight is 738 g/mol. The minimum atomic E-state index is 0.638. The zero-order valence-electron chi connectivity index (χ0n) is 31.5. The number of aromatic nitrogens is 3. The molecule has 0 atom stereocenters. The summed E-state index contributed by atoms with van der Waals surface area (Å²) in [6.07, 6.45) is 0. The summed E-state index contributed by atoms with van der Waals surface area (Å²) in [5, 5.41) is 10.2. The Bertz CT molecular complexity index is 3300. The maximum Gasteiger partial charge on any atom is 0.164 e. The monoisotopic (exact) mass is 737 g/mol. The van der Waals surface area contributed by atoms with Crippen LogP contribution in [-0.4, -0.2) is 15.0 Å². The third-order valence-electron chi connectivity index (χ3n) is 11.3. The summed E-state index contributed by atoms with van der Waals surface area (Å²) in [6, 6.07) is 75.4. The molecule has 0 amide bonds. The van der Waals surface area contributed by atoms with Crippen LogP contribution in [0, 0.1) is 0 Å². The van der Waals surface area contributed by atoms with E-state index >= 15 is 0 Å². The minimum Gasteiger partial charge on any atom is -0.208 e. The van der Waals surface area contributed by atoms with E-state index in [2.05, 4.69) is 176 Å².